The third-order valence-electron chi connectivity index (χ3n) is 4.63. The molecule has 3 amide bonds. The van der Waals surface area contributed by atoms with E-state index in [2.05, 4.69) is 21.2 Å². The molecule has 2 aliphatic heterocycles. The fourth-order valence-electron chi connectivity index (χ4n) is 3.29. The average molecular weight is 398 g/mol. The van der Waals surface area contributed by atoms with Crippen LogP contribution in [0.1, 0.15) is 11.6 Å². The summed E-state index contributed by atoms with van der Waals surface area (Å²) in [5, 5.41) is 2.94. The summed E-state index contributed by atoms with van der Waals surface area (Å²) in [6, 6.07) is 16.6. The van der Waals surface area contributed by atoms with Crippen LogP contribution in [0.25, 0.3) is 0 Å². The van der Waals surface area contributed by atoms with Crippen LogP contribution in [0.4, 0.5) is 10.5 Å². The van der Waals surface area contributed by atoms with Crippen molar-refractivity contribution in [3.63, 3.8) is 0 Å². The Morgan fingerprint density at radius 2 is 1.72 bits per heavy atom. The highest BCUT2D eigenvalue weighted by atomic mass is 79.9. The predicted octanol–water partition coefficient (Wildman–Crippen LogP) is 3.45. The van der Waals surface area contributed by atoms with E-state index in [0.717, 1.165) is 21.4 Å². The first-order chi connectivity index (χ1) is 12.1. The molecular formula is C19H16BrN3O2. The maximum atomic E-state index is 13.1. The molecule has 0 fully saturated rings. The standard InChI is InChI=1S/C19H16BrN3O2/c1-22-15-11-23(14-9-7-13(20)8-10-14)18(24)16(15)17(21-19(22)25)12-5-3-2-4-6-12/h2-10,17H,11H2,1H3,(H,21,25)/t17-/m1/s1. The highest BCUT2D eigenvalue weighted by Gasteiger charge is 2.43. The molecule has 2 aromatic carbocycles. The summed E-state index contributed by atoms with van der Waals surface area (Å²) in [5.74, 6) is -0.0713. The Morgan fingerprint density at radius 1 is 1.04 bits per heavy atom. The zero-order valence-corrected chi connectivity index (χ0v) is 15.2. The summed E-state index contributed by atoms with van der Waals surface area (Å²) in [6.45, 7) is 0.392. The number of benzene rings is 2. The van der Waals surface area contributed by atoms with E-state index in [1.54, 1.807) is 11.9 Å². The van der Waals surface area contributed by atoms with Crippen molar-refractivity contribution in [2.75, 3.05) is 18.5 Å². The molecule has 25 heavy (non-hydrogen) atoms. The predicted molar refractivity (Wildman–Crippen MR) is 99.0 cm³/mol. The van der Waals surface area contributed by atoms with E-state index in [9.17, 15) is 9.59 Å². The van der Waals surface area contributed by atoms with Gasteiger partial charge < -0.3 is 10.2 Å². The van der Waals surface area contributed by atoms with Gasteiger partial charge in [-0.3, -0.25) is 9.69 Å². The average Bonchev–Trinajstić information content (AvgIpc) is 2.97. The minimum atomic E-state index is -0.423. The largest absolute Gasteiger partial charge is 0.327 e. The summed E-state index contributed by atoms with van der Waals surface area (Å²) in [7, 11) is 1.70. The van der Waals surface area contributed by atoms with Gasteiger partial charge in [0, 0.05) is 17.2 Å². The van der Waals surface area contributed by atoms with Crippen molar-refractivity contribution in [2.24, 2.45) is 0 Å². The van der Waals surface area contributed by atoms with Crippen LogP contribution in [0.2, 0.25) is 0 Å². The van der Waals surface area contributed by atoms with Crippen molar-refractivity contribution in [3.05, 3.63) is 75.9 Å². The highest BCUT2D eigenvalue weighted by molar-refractivity contribution is 9.10. The molecule has 0 unspecified atom stereocenters. The number of amides is 3. The molecular weight excluding hydrogens is 382 g/mol. The van der Waals surface area contributed by atoms with Gasteiger partial charge in [0.15, 0.2) is 0 Å². The molecule has 2 aliphatic rings. The van der Waals surface area contributed by atoms with Crippen LogP contribution in [0, 0.1) is 0 Å². The molecule has 2 aromatic rings. The lowest BCUT2D eigenvalue weighted by Gasteiger charge is -2.31. The molecule has 6 heteroatoms. The van der Waals surface area contributed by atoms with E-state index in [1.807, 2.05) is 54.6 Å². The van der Waals surface area contributed by atoms with E-state index in [-0.39, 0.29) is 11.9 Å². The minimum Gasteiger partial charge on any atom is -0.327 e. The van der Waals surface area contributed by atoms with Gasteiger partial charge in [-0.15, -0.1) is 0 Å². The smallest absolute Gasteiger partial charge is 0.322 e. The topological polar surface area (TPSA) is 52.7 Å². The zero-order chi connectivity index (χ0) is 17.6. The van der Waals surface area contributed by atoms with E-state index in [4.69, 9.17) is 0 Å². The van der Waals surface area contributed by atoms with Crippen LogP contribution < -0.4 is 10.2 Å². The lowest BCUT2D eigenvalue weighted by molar-refractivity contribution is -0.114. The number of carbonyl (C=O) groups excluding carboxylic acids is 2. The fourth-order valence-corrected chi connectivity index (χ4v) is 3.56. The van der Waals surface area contributed by atoms with Crippen molar-refractivity contribution in [2.45, 2.75) is 6.04 Å². The van der Waals surface area contributed by atoms with Gasteiger partial charge in [0.05, 0.1) is 23.9 Å². The number of carbonyl (C=O) groups is 2. The van der Waals surface area contributed by atoms with Crippen LogP contribution >= 0.6 is 15.9 Å². The van der Waals surface area contributed by atoms with Crippen LogP contribution in [-0.2, 0) is 4.79 Å². The number of nitrogens with one attached hydrogen (secondary N) is 1. The number of likely N-dealkylation sites (N-methyl/N-ethyl adjacent to an activating group) is 1. The number of hydrogen-bond donors (Lipinski definition) is 1. The molecule has 0 saturated heterocycles. The normalized spacial score (nSPS) is 20.0. The van der Waals surface area contributed by atoms with Crippen molar-refractivity contribution in [3.8, 4) is 0 Å². The molecule has 2 heterocycles. The van der Waals surface area contributed by atoms with Crippen LogP contribution in [-0.4, -0.2) is 30.4 Å². The monoisotopic (exact) mass is 397 g/mol. The number of urea groups is 1. The van der Waals surface area contributed by atoms with Gasteiger partial charge in [0.1, 0.15) is 0 Å². The summed E-state index contributed by atoms with van der Waals surface area (Å²) < 4.78 is 0.955. The maximum absolute atomic E-state index is 13.1. The Bertz CT molecular complexity index is 877. The number of hydrogen-bond acceptors (Lipinski definition) is 2. The maximum Gasteiger partial charge on any atom is 0.322 e. The van der Waals surface area contributed by atoms with E-state index < -0.39 is 6.04 Å². The van der Waals surface area contributed by atoms with Gasteiger partial charge in [-0.2, -0.15) is 0 Å². The van der Waals surface area contributed by atoms with Gasteiger partial charge in [-0.25, -0.2) is 4.79 Å². The second-order valence-electron chi connectivity index (χ2n) is 6.08. The quantitative estimate of drug-likeness (QED) is 0.843. The fraction of sp³-hybridized carbons (Fsp3) is 0.158. The third-order valence-corrected chi connectivity index (χ3v) is 5.16. The van der Waals surface area contributed by atoms with Crippen molar-refractivity contribution in [1.82, 2.24) is 10.2 Å². The van der Waals surface area contributed by atoms with Crippen molar-refractivity contribution < 1.29 is 9.59 Å². The Labute approximate surface area is 154 Å². The zero-order valence-electron chi connectivity index (χ0n) is 13.6. The molecule has 4 rings (SSSR count). The summed E-state index contributed by atoms with van der Waals surface area (Å²) in [4.78, 5) is 28.7. The van der Waals surface area contributed by atoms with Gasteiger partial charge >= 0.3 is 6.03 Å². The molecule has 0 spiro atoms. The Kier molecular flexibility index (Phi) is 3.84. The first-order valence-electron chi connectivity index (χ1n) is 7.96. The van der Waals surface area contributed by atoms with E-state index >= 15 is 0 Å². The van der Waals surface area contributed by atoms with Crippen LogP contribution in [0.15, 0.2) is 70.3 Å². The van der Waals surface area contributed by atoms with Gasteiger partial charge in [-0.05, 0) is 29.8 Å². The summed E-state index contributed by atoms with van der Waals surface area (Å²) in [6.07, 6.45) is 0. The molecule has 0 aliphatic carbocycles. The molecule has 0 saturated carbocycles. The number of rotatable bonds is 2. The lowest BCUT2D eigenvalue weighted by Crippen LogP contribution is -2.45. The molecule has 0 radical (unpaired) electrons. The van der Waals surface area contributed by atoms with Gasteiger partial charge in [0.25, 0.3) is 5.91 Å². The first-order valence-corrected chi connectivity index (χ1v) is 8.75. The number of nitrogens with zero attached hydrogens (tertiary/aromatic N) is 2. The second kappa shape index (κ2) is 6.04. The first kappa shape index (κ1) is 15.9. The third kappa shape index (κ3) is 2.62. The molecule has 0 bridgehead atoms. The molecule has 1 N–H and O–H groups in total. The lowest BCUT2D eigenvalue weighted by atomic mass is 9.96. The van der Waals surface area contributed by atoms with E-state index in [1.165, 1.54) is 4.90 Å². The van der Waals surface area contributed by atoms with Crippen LogP contribution in [0.3, 0.4) is 0 Å². The Balaban J connectivity index is 1.76. The van der Waals surface area contributed by atoms with Crippen LogP contribution in [0.5, 0.6) is 0 Å². The second-order valence-corrected chi connectivity index (χ2v) is 7.00. The summed E-state index contributed by atoms with van der Waals surface area (Å²) >= 11 is 3.41. The van der Waals surface area contributed by atoms with Crippen molar-refractivity contribution in [1.29, 1.82) is 0 Å². The molecule has 1 atom stereocenters. The SMILES string of the molecule is CN1C(=O)N[C@H](c2ccccc2)C2=C1CN(c1ccc(Br)cc1)C2=O. The minimum absolute atomic E-state index is 0.0713. The number of anilines is 1. The van der Waals surface area contributed by atoms with Crippen molar-refractivity contribution >= 4 is 33.6 Å². The Morgan fingerprint density at radius 3 is 2.40 bits per heavy atom. The molecule has 0 aromatic heterocycles. The van der Waals surface area contributed by atoms with Gasteiger partial charge in [-0.1, -0.05) is 46.3 Å². The molecule has 126 valence electrons. The number of halogens is 1. The van der Waals surface area contributed by atoms with Gasteiger partial charge in [0.2, 0.25) is 0 Å². The Hall–Kier alpha value is -2.60. The summed E-state index contributed by atoms with van der Waals surface area (Å²) in [5.41, 5.74) is 3.11. The van der Waals surface area contributed by atoms with E-state index in [0.29, 0.717) is 12.1 Å². The highest BCUT2D eigenvalue weighted by Crippen LogP contribution is 2.37. The molecule has 5 nitrogen and oxygen atoms in total.